The van der Waals surface area contributed by atoms with E-state index >= 15 is 0 Å². The normalized spacial score (nSPS) is 12.5. The fourth-order valence-electron chi connectivity index (χ4n) is 2.48. The van der Waals surface area contributed by atoms with Crippen molar-refractivity contribution in [1.82, 2.24) is 0 Å². The predicted octanol–water partition coefficient (Wildman–Crippen LogP) is 5.36. The first-order valence-electron chi connectivity index (χ1n) is 8.14. The molecule has 0 saturated carbocycles. The van der Waals surface area contributed by atoms with Gasteiger partial charge in [0.2, 0.25) is 0 Å². The van der Waals surface area contributed by atoms with E-state index in [2.05, 4.69) is 44.2 Å². The minimum absolute atomic E-state index is 0.863. The molecule has 1 heteroatoms. The van der Waals surface area contributed by atoms with Gasteiger partial charge in [-0.05, 0) is 5.54 Å². The van der Waals surface area contributed by atoms with Crippen LogP contribution in [0.25, 0.3) is 0 Å². The Labute approximate surface area is 122 Å². The number of hydrogen-bond acceptors (Lipinski definition) is 0. The Bertz CT molecular complexity index is 294. The predicted molar refractivity (Wildman–Crippen MR) is 88.5 cm³/mol. The third kappa shape index (κ3) is 9.04. The Balaban J connectivity index is 1.94. The highest BCUT2D eigenvalue weighted by Gasteiger charge is 2.04. The Morgan fingerprint density at radius 1 is 0.842 bits per heavy atom. The summed E-state index contributed by atoms with van der Waals surface area (Å²) in [5.74, 6) is 0. The van der Waals surface area contributed by atoms with Gasteiger partial charge in [0.25, 0.3) is 0 Å². The molecule has 106 valence electrons. The van der Waals surface area contributed by atoms with Crippen molar-refractivity contribution < 1.29 is 0 Å². The maximum Gasteiger partial charge on any atom is 0.0839 e. The summed E-state index contributed by atoms with van der Waals surface area (Å²) in [6, 6.07) is 11.0. The lowest BCUT2D eigenvalue weighted by Crippen LogP contribution is -2.17. The van der Waals surface area contributed by atoms with Gasteiger partial charge in [-0.25, -0.2) is 0 Å². The van der Waals surface area contributed by atoms with E-state index in [9.17, 15) is 0 Å². The quantitative estimate of drug-likeness (QED) is 0.376. The van der Waals surface area contributed by atoms with Crippen molar-refractivity contribution in [1.29, 1.82) is 0 Å². The van der Waals surface area contributed by atoms with Crippen molar-refractivity contribution in [2.75, 3.05) is 0 Å². The SMILES string of the molecule is CCCCCCCCCCC(C)[Si]c1ccccc1. The van der Waals surface area contributed by atoms with Gasteiger partial charge in [0.05, 0.1) is 9.52 Å². The van der Waals surface area contributed by atoms with Crippen molar-refractivity contribution in [3.05, 3.63) is 30.3 Å². The Morgan fingerprint density at radius 2 is 1.42 bits per heavy atom. The molecule has 1 aromatic rings. The molecule has 0 aliphatic heterocycles. The molecule has 0 aliphatic rings. The fraction of sp³-hybridized carbons (Fsp3) is 0.667. The highest BCUT2D eigenvalue weighted by molar-refractivity contribution is 6.54. The largest absolute Gasteiger partial charge is 0.0839 e. The lowest BCUT2D eigenvalue weighted by Gasteiger charge is -2.10. The van der Waals surface area contributed by atoms with Crippen molar-refractivity contribution in [2.24, 2.45) is 0 Å². The summed E-state index contributed by atoms with van der Waals surface area (Å²) in [7, 11) is 0.990. The number of hydrogen-bond donors (Lipinski definition) is 0. The summed E-state index contributed by atoms with van der Waals surface area (Å²) >= 11 is 0. The van der Waals surface area contributed by atoms with Crippen LogP contribution >= 0.6 is 0 Å². The molecule has 0 N–H and O–H groups in total. The molecule has 1 aromatic carbocycles. The van der Waals surface area contributed by atoms with Gasteiger partial charge in [-0.3, -0.25) is 0 Å². The third-order valence-corrected chi connectivity index (χ3v) is 5.13. The lowest BCUT2D eigenvalue weighted by atomic mass is 10.1. The van der Waals surface area contributed by atoms with E-state index in [1.54, 1.807) is 0 Å². The lowest BCUT2D eigenvalue weighted by molar-refractivity contribution is 0.562. The zero-order valence-corrected chi connectivity index (χ0v) is 13.8. The van der Waals surface area contributed by atoms with E-state index in [0.717, 1.165) is 15.1 Å². The van der Waals surface area contributed by atoms with E-state index in [-0.39, 0.29) is 0 Å². The van der Waals surface area contributed by atoms with Gasteiger partial charge in [-0.15, -0.1) is 0 Å². The smallest absolute Gasteiger partial charge is 0.0654 e. The minimum atomic E-state index is 0.863. The second-order valence-corrected chi connectivity index (χ2v) is 7.53. The summed E-state index contributed by atoms with van der Waals surface area (Å²) in [6.07, 6.45) is 12.9. The maximum atomic E-state index is 2.41. The van der Waals surface area contributed by atoms with Crippen molar-refractivity contribution in [2.45, 2.75) is 77.2 Å². The van der Waals surface area contributed by atoms with Crippen LogP contribution in [-0.2, 0) is 0 Å². The van der Waals surface area contributed by atoms with Gasteiger partial charge in [0, 0.05) is 0 Å². The highest BCUT2D eigenvalue weighted by atomic mass is 28.2. The van der Waals surface area contributed by atoms with Gasteiger partial charge in [-0.2, -0.15) is 0 Å². The first-order chi connectivity index (χ1) is 9.33. The molecule has 19 heavy (non-hydrogen) atoms. The first kappa shape index (κ1) is 16.5. The molecule has 0 nitrogen and oxygen atoms in total. The minimum Gasteiger partial charge on any atom is -0.0654 e. The second-order valence-electron chi connectivity index (χ2n) is 5.67. The van der Waals surface area contributed by atoms with Crippen LogP contribution < -0.4 is 5.19 Å². The number of benzene rings is 1. The molecule has 1 atom stereocenters. The molecule has 0 aromatic heterocycles. The molecule has 0 bridgehead atoms. The Kier molecular flexibility index (Phi) is 9.79. The van der Waals surface area contributed by atoms with E-state index in [1.165, 1.54) is 63.0 Å². The Morgan fingerprint density at radius 3 is 2.05 bits per heavy atom. The van der Waals surface area contributed by atoms with Gasteiger partial charge >= 0.3 is 0 Å². The van der Waals surface area contributed by atoms with E-state index in [4.69, 9.17) is 0 Å². The van der Waals surface area contributed by atoms with Gasteiger partial charge < -0.3 is 0 Å². The van der Waals surface area contributed by atoms with E-state index in [1.807, 2.05) is 0 Å². The van der Waals surface area contributed by atoms with Gasteiger partial charge in [-0.1, -0.05) is 107 Å². The van der Waals surface area contributed by atoms with Crippen LogP contribution in [0.4, 0.5) is 0 Å². The van der Waals surface area contributed by atoms with Crippen molar-refractivity contribution in [3.8, 4) is 0 Å². The summed E-state index contributed by atoms with van der Waals surface area (Å²) in [4.78, 5) is 0. The van der Waals surface area contributed by atoms with Crippen LogP contribution in [0.3, 0.4) is 0 Å². The van der Waals surface area contributed by atoms with Crippen LogP contribution in [0.5, 0.6) is 0 Å². The molecule has 0 aliphatic carbocycles. The second kappa shape index (κ2) is 11.3. The average molecular weight is 275 g/mol. The van der Waals surface area contributed by atoms with Gasteiger partial charge in [0.1, 0.15) is 0 Å². The van der Waals surface area contributed by atoms with Crippen LogP contribution in [-0.4, -0.2) is 9.52 Å². The molecule has 1 unspecified atom stereocenters. The Hall–Kier alpha value is -0.563. The summed E-state index contributed by atoms with van der Waals surface area (Å²) in [5.41, 5.74) is 0.863. The molecule has 0 spiro atoms. The molecule has 2 radical (unpaired) electrons. The topological polar surface area (TPSA) is 0 Å². The third-order valence-electron chi connectivity index (χ3n) is 3.68. The highest BCUT2D eigenvalue weighted by Crippen LogP contribution is 2.15. The molecule has 0 amide bonds. The monoisotopic (exact) mass is 274 g/mol. The summed E-state index contributed by atoms with van der Waals surface area (Å²) in [5, 5.41) is 1.52. The van der Waals surface area contributed by atoms with E-state index in [0.29, 0.717) is 0 Å². The molecule has 0 heterocycles. The molecule has 0 fully saturated rings. The maximum absolute atomic E-state index is 2.41. The number of rotatable bonds is 11. The van der Waals surface area contributed by atoms with Crippen LogP contribution in [0.1, 0.15) is 71.6 Å². The molecule has 1 rings (SSSR count). The molecular weight excluding hydrogens is 244 g/mol. The van der Waals surface area contributed by atoms with Gasteiger partial charge in [0.15, 0.2) is 0 Å². The standard InChI is InChI=1S/C18H30Si/c1-3-4-5-6-7-8-9-11-14-17(2)19-18-15-12-10-13-16-18/h10,12-13,15-17H,3-9,11,14H2,1-2H3. The average Bonchev–Trinajstić information content (AvgIpc) is 2.43. The zero-order chi connectivity index (χ0) is 13.8. The van der Waals surface area contributed by atoms with E-state index < -0.39 is 0 Å². The first-order valence-corrected chi connectivity index (χ1v) is 9.22. The fourth-order valence-corrected chi connectivity index (χ4v) is 3.78. The zero-order valence-electron chi connectivity index (χ0n) is 12.8. The van der Waals surface area contributed by atoms with Crippen molar-refractivity contribution >= 4 is 14.7 Å². The molecule has 0 saturated heterocycles. The van der Waals surface area contributed by atoms with Crippen LogP contribution in [0.15, 0.2) is 30.3 Å². The van der Waals surface area contributed by atoms with Crippen LogP contribution in [0.2, 0.25) is 5.54 Å². The van der Waals surface area contributed by atoms with Crippen molar-refractivity contribution in [3.63, 3.8) is 0 Å². The number of unbranched alkanes of at least 4 members (excludes halogenated alkanes) is 7. The summed E-state index contributed by atoms with van der Waals surface area (Å²) < 4.78 is 0. The molecular formula is C18H30Si. The summed E-state index contributed by atoms with van der Waals surface area (Å²) in [6.45, 7) is 4.70. The van der Waals surface area contributed by atoms with Crippen LogP contribution in [0, 0.1) is 0 Å².